The number of hydrogen-bond donors (Lipinski definition) is 0. The van der Waals surface area contributed by atoms with Crippen LogP contribution in [0, 0.1) is 24.0 Å². The lowest BCUT2D eigenvalue weighted by Crippen LogP contribution is -2.13. The van der Waals surface area contributed by atoms with Gasteiger partial charge in [-0.15, -0.1) is 0 Å². The van der Waals surface area contributed by atoms with Gasteiger partial charge in [0.15, 0.2) is 4.80 Å². The minimum absolute atomic E-state index is 0.151. The van der Waals surface area contributed by atoms with Gasteiger partial charge in [-0.25, -0.2) is 0 Å². The Kier molecular flexibility index (Phi) is 3.61. The second-order valence-electron chi connectivity index (χ2n) is 5.11. The van der Waals surface area contributed by atoms with Gasteiger partial charge in [0.1, 0.15) is 4.92 Å². The zero-order valence-corrected chi connectivity index (χ0v) is 13.5. The van der Waals surface area contributed by atoms with Crippen molar-refractivity contribution in [3.8, 4) is 0 Å². The number of fused-ring (bicyclic) bond motifs is 1. The van der Waals surface area contributed by atoms with E-state index in [9.17, 15) is 14.9 Å². The Hall–Kier alpha value is -2.74. The molecule has 0 aliphatic heterocycles. The van der Waals surface area contributed by atoms with Crippen molar-refractivity contribution in [1.82, 2.24) is 4.57 Å². The number of hydrogen-bond acceptors (Lipinski definition) is 5. The van der Waals surface area contributed by atoms with Crippen LogP contribution in [0.1, 0.15) is 21.7 Å². The molecule has 7 nitrogen and oxygen atoms in total. The van der Waals surface area contributed by atoms with Crippen molar-refractivity contribution in [1.29, 1.82) is 0 Å². The highest BCUT2D eigenvalue weighted by molar-refractivity contribution is 7.16. The van der Waals surface area contributed by atoms with Gasteiger partial charge in [0.05, 0.1) is 16.3 Å². The molecule has 3 rings (SSSR count). The predicted octanol–water partition coefficient (Wildman–Crippen LogP) is 3.10. The molecule has 0 atom stereocenters. The molecule has 118 valence electrons. The first kappa shape index (κ1) is 15.2. The van der Waals surface area contributed by atoms with Gasteiger partial charge in [0.2, 0.25) is 5.76 Å². The first-order valence-corrected chi connectivity index (χ1v) is 7.59. The van der Waals surface area contributed by atoms with Crippen LogP contribution in [-0.2, 0) is 7.05 Å². The number of furan rings is 1. The summed E-state index contributed by atoms with van der Waals surface area (Å²) in [7, 11) is 1.84. The molecule has 1 amide bonds. The molecule has 3 aromatic rings. The van der Waals surface area contributed by atoms with Crippen molar-refractivity contribution in [2.75, 3.05) is 0 Å². The molecule has 0 N–H and O–H groups in total. The number of rotatable bonds is 2. The number of carbonyl (C=O) groups excluding carboxylic acids is 1. The van der Waals surface area contributed by atoms with Crippen LogP contribution in [0.25, 0.3) is 10.2 Å². The number of nitro groups is 1. The molecule has 2 aromatic heterocycles. The van der Waals surface area contributed by atoms with Crippen LogP contribution in [0.15, 0.2) is 33.7 Å². The van der Waals surface area contributed by atoms with E-state index in [4.69, 9.17) is 4.42 Å². The van der Waals surface area contributed by atoms with E-state index in [-0.39, 0.29) is 5.76 Å². The summed E-state index contributed by atoms with van der Waals surface area (Å²) in [6, 6.07) is 6.41. The Morgan fingerprint density at radius 1 is 1.30 bits per heavy atom. The Balaban J connectivity index is 2.10. The minimum Gasteiger partial charge on any atom is -0.395 e. The van der Waals surface area contributed by atoms with Crippen molar-refractivity contribution in [2.24, 2.45) is 12.0 Å². The third kappa shape index (κ3) is 2.57. The van der Waals surface area contributed by atoms with Gasteiger partial charge >= 0.3 is 11.8 Å². The summed E-state index contributed by atoms with van der Waals surface area (Å²) in [6.07, 6.45) is 0. The van der Waals surface area contributed by atoms with Crippen LogP contribution in [0.3, 0.4) is 0 Å². The molecule has 0 saturated carbocycles. The van der Waals surface area contributed by atoms with Crippen LogP contribution < -0.4 is 4.80 Å². The summed E-state index contributed by atoms with van der Waals surface area (Å²) < 4.78 is 7.75. The fourth-order valence-corrected chi connectivity index (χ4v) is 3.39. The summed E-state index contributed by atoms with van der Waals surface area (Å²) in [5.74, 6) is -1.27. The largest absolute Gasteiger partial charge is 0.433 e. The summed E-state index contributed by atoms with van der Waals surface area (Å²) in [5, 5.41) is 10.6. The normalized spacial score (nSPS) is 12.0. The highest BCUT2D eigenvalue weighted by Gasteiger charge is 2.17. The molecule has 1 aromatic carbocycles. The summed E-state index contributed by atoms with van der Waals surface area (Å²) in [4.78, 5) is 26.6. The maximum absolute atomic E-state index is 12.1. The van der Waals surface area contributed by atoms with E-state index < -0.39 is 16.7 Å². The van der Waals surface area contributed by atoms with Gasteiger partial charge < -0.3 is 8.98 Å². The highest BCUT2D eigenvalue weighted by Crippen LogP contribution is 2.23. The fraction of sp³-hybridized carbons (Fsp3) is 0.200. The lowest BCUT2D eigenvalue weighted by molar-refractivity contribution is -0.402. The molecule has 0 fully saturated rings. The number of thiazole rings is 1. The van der Waals surface area contributed by atoms with Crippen LogP contribution in [0.4, 0.5) is 5.88 Å². The van der Waals surface area contributed by atoms with E-state index >= 15 is 0 Å². The number of amides is 1. The second kappa shape index (κ2) is 5.47. The average Bonchev–Trinajstić information content (AvgIpc) is 3.10. The molecule has 0 radical (unpaired) electrons. The topological polar surface area (TPSA) is 90.6 Å². The van der Waals surface area contributed by atoms with Crippen LogP contribution >= 0.6 is 11.3 Å². The van der Waals surface area contributed by atoms with E-state index in [1.54, 1.807) is 0 Å². The van der Waals surface area contributed by atoms with Gasteiger partial charge in [-0.2, -0.15) is 4.99 Å². The molecule has 0 unspecified atom stereocenters. The van der Waals surface area contributed by atoms with Crippen molar-refractivity contribution in [2.45, 2.75) is 13.8 Å². The quantitative estimate of drug-likeness (QED) is 0.533. The van der Waals surface area contributed by atoms with Gasteiger partial charge in [-0.05, 0) is 37.1 Å². The first-order valence-electron chi connectivity index (χ1n) is 6.77. The molecule has 0 spiro atoms. The Morgan fingerprint density at radius 3 is 2.70 bits per heavy atom. The highest BCUT2D eigenvalue weighted by atomic mass is 32.1. The molecule has 0 aliphatic rings. The summed E-state index contributed by atoms with van der Waals surface area (Å²) in [5.41, 5.74) is 3.31. The molecule has 0 aliphatic carbocycles. The lowest BCUT2D eigenvalue weighted by atomic mass is 10.1. The maximum atomic E-state index is 12.1. The minimum atomic E-state index is -0.692. The van der Waals surface area contributed by atoms with Gasteiger partial charge in [0, 0.05) is 7.05 Å². The van der Waals surface area contributed by atoms with E-state index in [1.807, 2.05) is 37.6 Å². The van der Waals surface area contributed by atoms with Gasteiger partial charge in [0.25, 0.3) is 0 Å². The molecule has 0 bridgehead atoms. The van der Waals surface area contributed by atoms with E-state index in [2.05, 4.69) is 4.99 Å². The molecular weight excluding hydrogens is 318 g/mol. The zero-order chi connectivity index (χ0) is 16.7. The standard InChI is InChI=1S/C15H13N3O4S/c1-8-4-6-11-13(9(8)2)17(3)15(23-11)16-14(19)10-5-7-12(22-10)18(20)21/h4-7H,1-3H3. The maximum Gasteiger partial charge on any atom is 0.433 e. The SMILES string of the molecule is Cc1ccc2sc(=NC(=O)c3ccc([N+](=O)[O-])o3)n(C)c2c1C. The molecule has 0 saturated heterocycles. The fourth-order valence-electron chi connectivity index (χ4n) is 2.32. The zero-order valence-electron chi connectivity index (χ0n) is 12.7. The number of carbonyl (C=O) groups is 1. The van der Waals surface area contributed by atoms with Crippen molar-refractivity contribution >= 4 is 33.3 Å². The van der Waals surface area contributed by atoms with Crippen molar-refractivity contribution < 1.29 is 14.1 Å². The van der Waals surface area contributed by atoms with Crippen molar-refractivity contribution in [3.05, 3.63) is 56.1 Å². The van der Waals surface area contributed by atoms with Gasteiger partial charge in [-0.3, -0.25) is 14.9 Å². The number of aryl methyl sites for hydroxylation is 3. The first-order chi connectivity index (χ1) is 10.9. The molecule has 8 heteroatoms. The van der Waals surface area contributed by atoms with E-state index in [0.29, 0.717) is 4.80 Å². The number of benzene rings is 1. The molecular formula is C15H13N3O4S. The van der Waals surface area contributed by atoms with Crippen LogP contribution in [-0.4, -0.2) is 15.4 Å². The predicted molar refractivity (Wildman–Crippen MR) is 85.5 cm³/mol. The van der Waals surface area contributed by atoms with Gasteiger partial charge in [-0.1, -0.05) is 17.4 Å². The van der Waals surface area contributed by atoms with Crippen LogP contribution in [0.5, 0.6) is 0 Å². The second-order valence-corrected chi connectivity index (χ2v) is 6.12. The molecule has 23 heavy (non-hydrogen) atoms. The third-order valence-corrected chi connectivity index (χ3v) is 4.77. The summed E-state index contributed by atoms with van der Waals surface area (Å²) >= 11 is 1.38. The Labute approximate surface area is 134 Å². The Morgan fingerprint density at radius 2 is 2.04 bits per heavy atom. The van der Waals surface area contributed by atoms with E-state index in [1.165, 1.54) is 17.4 Å². The van der Waals surface area contributed by atoms with Crippen molar-refractivity contribution in [3.63, 3.8) is 0 Å². The molecule has 2 heterocycles. The smallest absolute Gasteiger partial charge is 0.395 e. The van der Waals surface area contributed by atoms with E-state index in [0.717, 1.165) is 27.4 Å². The third-order valence-electron chi connectivity index (χ3n) is 3.67. The van der Waals surface area contributed by atoms with Crippen LogP contribution in [0.2, 0.25) is 0 Å². The number of aromatic nitrogens is 1. The lowest BCUT2D eigenvalue weighted by Gasteiger charge is -2.03. The monoisotopic (exact) mass is 331 g/mol. The Bertz CT molecular complexity index is 1010. The summed E-state index contributed by atoms with van der Waals surface area (Å²) in [6.45, 7) is 4.04. The average molecular weight is 331 g/mol. The number of nitrogens with zero attached hydrogens (tertiary/aromatic N) is 3.